The van der Waals surface area contributed by atoms with Crippen molar-refractivity contribution in [1.82, 2.24) is 9.78 Å². The summed E-state index contributed by atoms with van der Waals surface area (Å²) in [5.74, 6) is 0.383. The molecule has 3 aromatic carbocycles. The summed E-state index contributed by atoms with van der Waals surface area (Å²) in [5, 5.41) is 10.2. The molecule has 0 aliphatic carbocycles. The van der Waals surface area contributed by atoms with E-state index in [-0.39, 0.29) is 16.6 Å². The highest BCUT2D eigenvalue weighted by Crippen LogP contribution is 2.26. The van der Waals surface area contributed by atoms with Crippen molar-refractivity contribution < 1.29 is 13.2 Å². The molecular formula is C23H17N5O3S. The van der Waals surface area contributed by atoms with Gasteiger partial charge in [0.2, 0.25) is 0 Å². The van der Waals surface area contributed by atoms with Crippen LogP contribution >= 0.6 is 0 Å². The summed E-state index contributed by atoms with van der Waals surface area (Å²) >= 11 is 0. The summed E-state index contributed by atoms with van der Waals surface area (Å²) in [4.78, 5) is 12.8. The van der Waals surface area contributed by atoms with Crippen LogP contribution in [0.2, 0.25) is 0 Å². The van der Waals surface area contributed by atoms with Gasteiger partial charge >= 0.3 is 0 Å². The lowest BCUT2D eigenvalue weighted by atomic mass is 10.1. The molecular weight excluding hydrogens is 426 g/mol. The molecule has 0 unspecified atom stereocenters. The SMILES string of the molecule is O=C(Nc1ccn(-c2ccccc2)n1)c1ccc(NC2=NS(=O)(=O)c3ccccc32)cc1. The van der Waals surface area contributed by atoms with Gasteiger partial charge in [0.05, 0.1) is 5.69 Å². The molecule has 0 radical (unpaired) electrons. The van der Waals surface area contributed by atoms with Crippen LogP contribution in [0.3, 0.4) is 0 Å². The lowest BCUT2D eigenvalue weighted by molar-refractivity contribution is 0.102. The molecule has 2 heterocycles. The van der Waals surface area contributed by atoms with Crippen LogP contribution < -0.4 is 10.6 Å². The van der Waals surface area contributed by atoms with Crippen molar-refractivity contribution in [1.29, 1.82) is 0 Å². The van der Waals surface area contributed by atoms with E-state index in [0.717, 1.165) is 5.69 Å². The number of para-hydroxylation sites is 1. The largest absolute Gasteiger partial charge is 0.339 e. The fraction of sp³-hybridized carbons (Fsp3) is 0. The number of benzene rings is 3. The van der Waals surface area contributed by atoms with Crippen molar-refractivity contribution in [3.05, 3.63) is 102 Å². The highest BCUT2D eigenvalue weighted by atomic mass is 32.2. The first-order valence-electron chi connectivity index (χ1n) is 9.73. The van der Waals surface area contributed by atoms with E-state index in [1.54, 1.807) is 59.4 Å². The lowest BCUT2D eigenvalue weighted by Gasteiger charge is -2.08. The number of anilines is 2. The zero-order valence-corrected chi connectivity index (χ0v) is 17.5. The van der Waals surface area contributed by atoms with Gasteiger partial charge in [-0.2, -0.15) is 13.5 Å². The van der Waals surface area contributed by atoms with Crippen LogP contribution in [0.4, 0.5) is 11.5 Å². The maximum atomic E-state index is 12.6. The van der Waals surface area contributed by atoms with E-state index in [0.29, 0.717) is 22.6 Å². The molecule has 1 amide bonds. The number of carbonyl (C=O) groups is 1. The molecule has 0 bridgehead atoms. The molecule has 4 aromatic rings. The molecule has 9 heteroatoms. The van der Waals surface area contributed by atoms with Crippen LogP contribution in [0.1, 0.15) is 15.9 Å². The first-order chi connectivity index (χ1) is 15.5. The minimum atomic E-state index is -3.70. The van der Waals surface area contributed by atoms with Gasteiger partial charge in [-0.15, -0.1) is 4.40 Å². The molecule has 1 aliphatic heterocycles. The summed E-state index contributed by atoms with van der Waals surface area (Å²) in [6.07, 6.45) is 1.77. The quantitative estimate of drug-likeness (QED) is 0.501. The molecule has 0 saturated carbocycles. The fourth-order valence-corrected chi connectivity index (χ4v) is 4.52. The zero-order valence-electron chi connectivity index (χ0n) is 16.6. The fourth-order valence-electron chi connectivity index (χ4n) is 3.34. The molecule has 1 aliphatic rings. The molecule has 5 rings (SSSR count). The van der Waals surface area contributed by atoms with E-state index in [1.165, 1.54) is 6.07 Å². The van der Waals surface area contributed by atoms with Gasteiger partial charge in [0, 0.05) is 29.1 Å². The highest BCUT2D eigenvalue weighted by Gasteiger charge is 2.28. The molecule has 0 fully saturated rings. The predicted molar refractivity (Wildman–Crippen MR) is 122 cm³/mol. The van der Waals surface area contributed by atoms with Gasteiger partial charge in [0.15, 0.2) is 11.7 Å². The third-order valence-corrected chi connectivity index (χ3v) is 6.23. The number of nitrogens with zero attached hydrogens (tertiary/aromatic N) is 3. The van der Waals surface area contributed by atoms with Gasteiger partial charge in [0.1, 0.15) is 4.90 Å². The van der Waals surface area contributed by atoms with Crippen LogP contribution in [0, 0.1) is 0 Å². The third kappa shape index (κ3) is 3.77. The number of hydrogen-bond donors (Lipinski definition) is 2. The Balaban J connectivity index is 1.28. The normalized spacial score (nSPS) is 13.8. The first-order valence-corrected chi connectivity index (χ1v) is 11.2. The smallest absolute Gasteiger partial charge is 0.285 e. The summed E-state index contributed by atoms with van der Waals surface area (Å²) in [6.45, 7) is 0. The zero-order chi connectivity index (χ0) is 22.1. The maximum absolute atomic E-state index is 12.6. The van der Waals surface area contributed by atoms with Gasteiger partial charge in [-0.1, -0.05) is 30.3 Å². The Kier molecular flexibility index (Phi) is 4.79. The lowest BCUT2D eigenvalue weighted by Crippen LogP contribution is -2.14. The van der Waals surface area contributed by atoms with Crippen LogP contribution in [-0.4, -0.2) is 29.9 Å². The van der Waals surface area contributed by atoms with Crippen LogP contribution in [-0.2, 0) is 10.0 Å². The minimum absolute atomic E-state index is 0.174. The molecule has 158 valence electrons. The number of rotatable bonds is 4. The van der Waals surface area contributed by atoms with E-state index < -0.39 is 10.0 Å². The molecule has 32 heavy (non-hydrogen) atoms. The van der Waals surface area contributed by atoms with Crippen molar-refractivity contribution in [2.45, 2.75) is 4.90 Å². The molecule has 1 aromatic heterocycles. The molecule has 2 N–H and O–H groups in total. The minimum Gasteiger partial charge on any atom is -0.339 e. The second-order valence-corrected chi connectivity index (χ2v) is 8.62. The van der Waals surface area contributed by atoms with E-state index in [1.807, 2.05) is 30.3 Å². The Bertz CT molecular complexity index is 1440. The van der Waals surface area contributed by atoms with Gasteiger partial charge in [-0.3, -0.25) is 4.79 Å². The van der Waals surface area contributed by atoms with Gasteiger partial charge in [-0.05, 0) is 48.5 Å². The number of fused-ring (bicyclic) bond motifs is 1. The topological polar surface area (TPSA) is 105 Å². The standard InChI is InChI=1S/C23H17N5O3S/c29-23(25-21-14-15-28(26-21)18-6-2-1-3-7-18)16-10-12-17(13-11-16)24-22-19-8-4-5-9-20(19)32(30,31)27-22/h1-15H,(H,24,27)(H,25,26,29). The summed E-state index contributed by atoms with van der Waals surface area (Å²) in [6, 6.07) is 24.6. The second kappa shape index (κ2) is 7.78. The van der Waals surface area contributed by atoms with Crippen molar-refractivity contribution >= 4 is 33.3 Å². The first kappa shape index (κ1) is 19.7. The number of nitrogens with one attached hydrogen (secondary N) is 2. The highest BCUT2D eigenvalue weighted by molar-refractivity contribution is 7.90. The average molecular weight is 443 g/mol. The van der Waals surface area contributed by atoms with E-state index in [2.05, 4.69) is 20.1 Å². The Morgan fingerprint density at radius 1 is 0.844 bits per heavy atom. The Morgan fingerprint density at radius 2 is 1.56 bits per heavy atom. The summed E-state index contributed by atoms with van der Waals surface area (Å²) in [7, 11) is -3.70. The Labute approximate surface area is 184 Å². The van der Waals surface area contributed by atoms with Crippen molar-refractivity contribution in [3.8, 4) is 5.69 Å². The Morgan fingerprint density at radius 3 is 2.34 bits per heavy atom. The molecule has 8 nitrogen and oxygen atoms in total. The van der Waals surface area contributed by atoms with Crippen LogP contribution in [0.25, 0.3) is 5.69 Å². The van der Waals surface area contributed by atoms with Crippen LogP contribution in [0.5, 0.6) is 0 Å². The van der Waals surface area contributed by atoms with Gasteiger partial charge in [0.25, 0.3) is 15.9 Å². The monoisotopic (exact) mass is 443 g/mol. The number of amidine groups is 1. The molecule has 0 saturated heterocycles. The van der Waals surface area contributed by atoms with Crippen molar-refractivity contribution in [3.63, 3.8) is 0 Å². The second-order valence-electron chi connectivity index (χ2n) is 7.05. The molecule has 0 atom stereocenters. The Hall–Kier alpha value is -4.24. The van der Waals surface area contributed by atoms with E-state index in [4.69, 9.17) is 0 Å². The van der Waals surface area contributed by atoms with Crippen molar-refractivity contribution in [2.75, 3.05) is 10.6 Å². The summed E-state index contributed by atoms with van der Waals surface area (Å²) < 4.78 is 29.8. The van der Waals surface area contributed by atoms with Gasteiger partial charge in [-0.25, -0.2) is 4.68 Å². The summed E-state index contributed by atoms with van der Waals surface area (Å²) in [5.41, 5.74) is 2.46. The van der Waals surface area contributed by atoms with E-state index >= 15 is 0 Å². The molecule has 0 spiro atoms. The third-order valence-electron chi connectivity index (χ3n) is 4.89. The van der Waals surface area contributed by atoms with E-state index in [9.17, 15) is 13.2 Å². The number of carbonyl (C=O) groups excluding carboxylic acids is 1. The number of aromatic nitrogens is 2. The number of amides is 1. The average Bonchev–Trinajstić information content (AvgIpc) is 3.37. The number of sulfonamides is 1. The predicted octanol–water partition coefficient (Wildman–Crippen LogP) is 3.69. The van der Waals surface area contributed by atoms with Crippen LogP contribution in [0.15, 0.2) is 100 Å². The number of hydrogen-bond acceptors (Lipinski definition) is 5. The maximum Gasteiger partial charge on any atom is 0.285 e. The van der Waals surface area contributed by atoms with Gasteiger partial charge < -0.3 is 10.6 Å². The van der Waals surface area contributed by atoms with Crippen molar-refractivity contribution in [2.24, 2.45) is 4.40 Å².